The van der Waals surface area contributed by atoms with Crippen molar-refractivity contribution < 1.29 is 9.84 Å². The summed E-state index contributed by atoms with van der Waals surface area (Å²) in [6, 6.07) is 14.1. The van der Waals surface area contributed by atoms with Gasteiger partial charge in [-0.3, -0.25) is 0 Å². The summed E-state index contributed by atoms with van der Waals surface area (Å²) >= 11 is 1.60. The molecule has 0 aliphatic carbocycles. The molecule has 3 heteroatoms. The molecule has 1 N–H and O–H groups in total. The van der Waals surface area contributed by atoms with Gasteiger partial charge in [-0.25, -0.2) is 0 Å². The van der Waals surface area contributed by atoms with E-state index >= 15 is 0 Å². The maximum Gasteiger partial charge on any atom is 0.104 e. The molecule has 1 aromatic heterocycles. The molecular formula is C16H16O2S. The molecule has 98 valence electrons. The lowest BCUT2D eigenvalue weighted by Gasteiger charge is -2.12. The minimum absolute atomic E-state index is 0.0790. The minimum Gasteiger partial charge on any atom is -0.384 e. The zero-order valence-electron chi connectivity index (χ0n) is 10.8. The first-order valence-electron chi connectivity index (χ1n) is 6.14. The summed E-state index contributed by atoms with van der Waals surface area (Å²) in [4.78, 5) is 2.10. The molecule has 1 heterocycles. The largest absolute Gasteiger partial charge is 0.384 e. The molecule has 1 atom stereocenters. The van der Waals surface area contributed by atoms with Crippen LogP contribution in [0.5, 0.6) is 0 Å². The molecule has 0 aliphatic rings. The van der Waals surface area contributed by atoms with Crippen molar-refractivity contribution in [3.63, 3.8) is 0 Å². The van der Waals surface area contributed by atoms with Crippen LogP contribution in [0.15, 0.2) is 42.5 Å². The Bertz CT molecular complexity index is 563. The molecule has 2 rings (SSSR count). The number of hydrogen-bond donors (Lipinski definition) is 1. The van der Waals surface area contributed by atoms with Crippen LogP contribution < -0.4 is 0 Å². The van der Waals surface area contributed by atoms with Gasteiger partial charge in [-0.15, -0.1) is 11.3 Å². The van der Waals surface area contributed by atoms with Crippen LogP contribution in [-0.4, -0.2) is 11.7 Å². The average molecular weight is 272 g/mol. The second-order valence-electron chi connectivity index (χ2n) is 4.09. The van der Waals surface area contributed by atoms with E-state index in [0.29, 0.717) is 6.61 Å². The number of thiophene rings is 1. The lowest BCUT2D eigenvalue weighted by atomic mass is 10.1. The van der Waals surface area contributed by atoms with Gasteiger partial charge >= 0.3 is 0 Å². The fourth-order valence-corrected chi connectivity index (χ4v) is 2.48. The molecule has 2 aromatic rings. The van der Waals surface area contributed by atoms with Gasteiger partial charge in [0.15, 0.2) is 0 Å². The van der Waals surface area contributed by atoms with E-state index in [1.165, 1.54) is 5.56 Å². The summed E-state index contributed by atoms with van der Waals surface area (Å²) in [5, 5.41) is 8.64. The zero-order chi connectivity index (χ0) is 13.5. The molecule has 0 saturated heterocycles. The maximum atomic E-state index is 8.64. The average Bonchev–Trinajstić information content (AvgIpc) is 2.91. The van der Waals surface area contributed by atoms with Gasteiger partial charge in [0.2, 0.25) is 0 Å². The number of hydrogen-bond acceptors (Lipinski definition) is 3. The van der Waals surface area contributed by atoms with Crippen LogP contribution in [0.3, 0.4) is 0 Å². The normalized spacial score (nSPS) is 11.7. The fourth-order valence-electron chi connectivity index (χ4n) is 1.68. The first-order valence-corrected chi connectivity index (χ1v) is 6.96. The third kappa shape index (κ3) is 4.22. The van der Waals surface area contributed by atoms with Crippen molar-refractivity contribution >= 4 is 11.3 Å². The highest BCUT2D eigenvalue weighted by Gasteiger charge is 2.06. The van der Waals surface area contributed by atoms with E-state index < -0.39 is 0 Å². The summed E-state index contributed by atoms with van der Waals surface area (Å²) in [7, 11) is 0. The fraction of sp³-hybridized carbons (Fsp3) is 0.250. The summed E-state index contributed by atoms with van der Waals surface area (Å²) in [5.74, 6) is 5.54. The Labute approximate surface area is 117 Å². The van der Waals surface area contributed by atoms with Crippen LogP contribution in [0.4, 0.5) is 0 Å². The Hall–Kier alpha value is -1.60. The van der Waals surface area contributed by atoms with E-state index in [1.54, 1.807) is 11.3 Å². The van der Waals surface area contributed by atoms with Gasteiger partial charge < -0.3 is 9.84 Å². The van der Waals surface area contributed by atoms with Gasteiger partial charge in [-0.05, 0) is 24.6 Å². The van der Waals surface area contributed by atoms with Crippen LogP contribution in [0.1, 0.15) is 28.3 Å². The van der Waals surface area contributed by atoms with Crippen molar-refractivity contribution in [2.24, 2.45) is 0 Å². The van der Waals surface area contributed by atoms with Gasteiger partial charge in [0.25, 0.3) is 0 Å². The van der Waals surface area contributed by atoms with E-state index in [4.69, 9.17) is 9.84 Å². The highest BCUT2D eigenvalue weighted by Crippen LogP contribution is 2.21. The Kier molecular flexibility index (Phi) is 5.17. The first-order chi connectivity index (χ1) is 9.29. The maximum absolute atomic E-state index is 8.64. The predicted octanol–water partition coefficient (Wildman–Crippen LogP) is 3.37. The lowest BCUT2D eigenvalue weighted by molar-refractivity contribution is 0.0542. The molecule has 0 amide bonds. The highest BCUT2D eigenvalue weighted by atomic mass is 32.1. The Morgan fingerprint density at radius 1 is 1.21 bits per heavy atom. The smallest absolute Gasteiger partial charge is 0.104 e. The van der Waals surface area contributed by atoms with Crippen molar-refractivity contribution in [1.82, 2.24) is 0 Å². The van der Waals surface area contributed by atoms with Crippen LogP contribution >= 0.6 is 11.3 Å². The summed E-state index contributed by atoms with van der Waals surface area (Å²) in [5.41, 5.74) is 1.18. The number of rotatable bonds is 4. The topological polar surface area (TPSA) is 29.5 Å². The van der Waals surface area contributed by atoms with Crippen molar-refractivity contribution in [2.45, 2.75) is 19.6 Å². The van der Waals surface area contributed by atoms with Crippen LogP contribution in [0.25, 0.3) is 0 Å². The predicted molar refractivity (Wildman–Crippen MR) is 77.9 cm³/mol. The summed E-state index contributed by atoms with van der Waals surface area (Å²) in [6.45, 7) is 2.53. The second kappa shape index (κ2) is 7.10. The Morgan fingerprint density at radius 2 is 2.00 bits per heavy atom. The van der Waals surface area contributed by atoms with Gasteiger partial charge in [0.05, 0.1) is 17.6 Å². The molecule has 0 radical (unpaired) electrons. The van der Waals surface area contributed by atoms with Crippen LogP contribution in [0.2, 0.25) is 0 Å². The van der Waals surface area contributed by atoms with E-state index in [9.17, 15) is 0 Å². The quantitative estimate of drug-likeness (QED) is 0.865. The van der Waals surface area contributed by atoms with Gasteiger partial charge in [-0.2, -0.15) is 0 Å². The third-order valence-electron chi connectivity index (χ3n) is 2.70. The number of aliphatic hydroxyl groups excluding tert-OH is 1. The monoisotopic (exact) mass is 272 g/mol. The SMILES string of the molecule is CC(OCc1ccc(C#CCO)s1)c1ccccc1. The molecule has 0 spiro atoms. The highest BCUT2D eigenvalue weighted by molar-refractivity contribution is 7.12. The van der Waals surface area contributed by atoms with Gasteiger partial charge in [-0.1, -0.05) is 42.2 Å². The minimum atomic E-state index is -0.102. The molecule has 19 heavy (non-hydrogen) atoms. The second-order valence-corrected chi connectivity index (χ2v) is 5.26. The molecule has 0 bridgehead atoms. The van der Waals surface area contributed by atoms with Gasteiger partial charge in [0, 0.05) is 4.88 Å². The molecule has 2 nitrogen and oxygen atoms in total. The molecular weight excluding hydrogens is 256 g/mol. The van der Waals surface area contributed by atoms with E-state index in [1.807, 2.05) is 30.3 Å². The molecule has 0 fully saturated rings. The zero-order valence-corrected chi connectivity index (χ0v) is 11.6. The number of ether oxygens (including phenoxy) is 1. The molecule has 1 aromatic carbocycles. The van der Waals surface area contributed by atoms with Crippen molar-refractivity contribution in [3.05, 3.63) is 57.8 Å². The number of benzene rings is 1. The standard InChI is InChI=1S/C16H16O2S/c1-13(14-6-3-2-4-7-14)18-12-16-10-9-15(19-16)8-5-11-17/h2-4,6-7,9-10,13,17H,11-12H2,1H3. The van der Waals surface area contributed by atoms with Crippen LogP contribution in [-0.2, 0) is 11.3 Å². The van der Waals surface area contributed by atoms with Crippen molar-refractivity contribution in [3.8, 4) is 11.8 Å². The lowest BCUT2D eigenvalue weighted by Crippen LogP contribution is -1.98. The van der Waals surface area contributed by atoms with E-state index in [0.717, 1.165) is 9.75 Å². The van der Waals surface area contributed by atoms with Gasteiger partial charge in [0.1, 0.15) is 6.61 Å². The first kappa shape index (κ1) is 13.8. The Balaban J connectivity index is 1.90. The molecule has 1 unspecified atom stereocenters. The van der Waals surface area contributed by atoms with E-state index in [-0.39, 0.29) is 12.7 Å². The molecule has 0 aliphatic heterocycles. The van der Waals surface area contributed by atoms with E-state index in [2.05, 4.69) is 30.9 Å². The van der Waals surface area contributed by atoms with Crippen LogP contribution in [0, 0.1) is 11.8 Å². The molecule has 0 saturated carbocycles. The summed E-state index contributed by atoms with van der Waals surface area (Å²) < 4.78 is 5.84. The van der Waals surface area contributed by atoms with Crippen molar-refractivity contribution in [2.75, 3.05) is 6.61 Å². The van der Waals surface area contributed by atoms with Crippen molar-refractivity contribution in [1.29, 1.82) is 0 Å². The third-order valence-corrected chi connectivity index (χ3v) is 3.67. The summed E-state index contributed by atoms with van der Waals surface area (Å²) in [6.07, 6.45) is 0.0790. The number of aliphatic hydroxyl groups is 1. The Morgan fingerprint density at radius 3 is 2.74 bits per heavy atom.